The summed E-state index contributed by atoms with van der Waals surface area (Å²) in [7, 11) is 0. The van der Waals surface area contributed by atoms with E-state index in [1.807, 2.05) is 39.5 Å². The van der Waals surface area contributed by atoms with Crippen LogP contribution in [0.2, 0.25) is 0 Å². The zero-order valence-corrected chi connectivity index (χ0v) is 15.4. The van der Waals surface area contributed by atoms with Crippen molar-refractivity contribution < 1.29 is 9.53 Å². The van der Waals surface area contributed by atoms with E-state index in [1.54, 1.807) is 4.90 Å². The third kappa shape index (κ3) is 5.43. The van der Waals surface area contributed by atoms with Crippen LogP contribution in [0.3, 0.4) is 0 Å². The van der Waals surface area contributed by atoms with Crippen LogP contribution in [0.1, 0.15) is 44.9 Å². The van der Waals surface area contributed by atoms with Gasteiger partial charge in [0.25, 0.3) is 0 Å². The van der Waals surface area contributed by atoms with E-state index >= 15 is 0 Å². The van der Waals surface area contributed by atoms with E-state index in [1.165, 1.54) is 11.1 Å². The Morgan fingerprint density at radius 2 is 2.13 bits per heavy atom. The number of amides is 1. The van der Waals surface area contributed by atoms with Crippen molar-refractivity contribution in [3.63, 3.8) is 0 Å². The molecular weight excluding hydrogens is 308 g/mol. The summed E-state index contributed by atoms with van der Waals surface area (Å²) in [5.41, 5.74) is 2.36. The molecule has 1 aromatic carbocycles. The van der Waals surface area contributed by atoms with Crippen molar-refractivity contribution in [1.82, 2.24) is 10.2 Å². The highest BCUT2D eigenvalue weighted by Gasteiger charge is 2.22. The lowest BCUT2D eigenvalue weighted by atomic mass is 10.0. The van der Waals surface area contributed by atoms with Crippen LogP contribution in [0.5, 0.6) is 0 Å². The predicted octanol–water partition coefficient (Wildman–Crippen LogP) is 3.82. The van der Waals surface area contributed by atoms with E-state index in [9.17, 15) is 4.79 Å². The molecule has 1 atom stereocenters. The summed E-state index contributed by atoms with van der Waals surface area (Å²) in [6.45, 7) is 9.76. The standard InChI is InChI=1S/C18H28N2O2S/c1-5-20(17(21)22-18(2,3)4)11-10-19-16-13-23-12-14-8-6-7-9-15(14)16/h6-9,16,19H,5,10-13H2,1-4H3. The third-order valence-electron chi connectivity index (χ3n) is 3.78. The van der Waals surface area contributed by atoms with E-state index in [2.05, 4.69) is 29.6 Å². The summed E-state index contributed by atoms with van der Waals surface area (Å²) < 4.78 is 5.44. The SMILES string of the molecule is CCN(CCNC1CSCc2ccccc21)C(=O)OC(C)(C)C. The summed E-state index contributed by atoms with van der Waals surface area (Å²) >= 11 is 1.96. The molecule has 0 fully saturated rings. The van der Waals surface area contributed by atoms with Crippen molar-refractivity contribution in [2.24, 2.45) is 0 Å². The molecule has 1 aliphatic heterocycles. The van der Waals surface area contributed by atoms with Gasteiger partial charge in [-0.3, -0.25) is 0 Å². The van der Waals surface area contributed by atoms with Gasteiger partial charge in [0.15, 0.2) is 0 Å². The first-order valence-corrected chi connectivity index (χ1v) is 9.43. The van der Waals surface area contributed by atoms with Gasteiger partial charge < -0.3 is 15.0 Å². The molecule has 4 nitrogen and oxygen atoms in total. The first-order chi connectivity index (χ1) is 10.9. The van der Waals surface area contributed by atoms with Crippen molar-refractivity contribution >= 4 is 17.9 Å². The van der Waals surface area contributed by atoms with E-state index < -0.39 is 5.60 Å². The van der Waals surface area contributed by atoms with Gasteiger partial charge in [-0.2, -0.15) is 11.8 Å². The van der Waals surface area contributed by atoms with E-state index in [4.69, 9.17) is 4.74 Å². The molecule has 128 valence electrons. The van der Waals surface area contributed by atoms with Crippen LogP contribution in [0, 0.1) is 0 Å². The number of rotatable bonds is 5. The third-order valence-corrected chi connectivity index (χ3v) is 4.86. The van der Waals surface area contributed by atoms with Gasteiger partial charge in [-0.1, -0.05) is 24.3 Å². The molecule has 5 heteroatoms. The fraction of sp³-hybridized carbons (Fsp3) is 0.611. The lowest BCUT2D eigenvalue weighted by Crippen LogP contribution is -2.41. The van der Waals surface area contributed by atoms with Gasteiger partial charge in [0.1, 0.15) is 5.60 Å². The van der Waals surface area contributed by atoms with Gasteiger partial charge in [0.2, 0.25) is 0 Å². The smallest absolute Gasteiger partial charge is 0.410 e. The molecule has 1 aliphatic rings. The average Bonchev–Trinajstić information content (AvgIpc) is 2.50. The van der Waals surface area contributed by atoms with Gasteiger partial charge in [0.05, 0.1) is 0 Å². The number of hydrogen-bond acceptors (Lipinski definition) is 4. The van der Waals surface area contributed by atoms with Gasteiger partial charge in [-0.25, -0.2) is 4.79 Å². The number of carbonyl (C=O) groups excluding carboxylic acids is 1. The maximum absolute atomic E-state index is 12.1. The number of ether oxygens (including phenoxy) is 1. The molecule has 1 N–H and O–H groups in total. The average molecular weight is 337 g/mol. The monoisotopic (exact) mass is 336 g/mol. The van der Waals surface area contributed by atoms with Crippen molar-refractivity contribution in [3.8, 4) is 0 Å². The minimum absolute atomic E-state index is 0.236. The Morgan fingerprint density at radius 1 is 1.39 bits per heavy atom. The van der Waals surface area contributed by atoms with Crippen LogP contribution in [0.4, 0.5) is 4.79 Å². The van der Waals surface area contributed by atoms with Gasteiger partial charge in [0, 0.05) is 37.2 Å². The Kier molecular flexibility index (Phi) is 6.36. The number of thioether (sulfide) groups is 1. The molecule has 0 radical (unpaired) electrons. The van der Waals surface area contributed by atoms with Crippen LogP contribution in [-0.2, 0) is 10.5 Å². The highest BCUT2D eigenvalue weighted by Crippen LogP contribution is 2.31. The molecule has 23 heavy (non-hydrogen) atoms. The summed E-state index contributed by atoms with van der Waals surface area (Å²) in [5.74, 6) is 2.17. The number of carbonyl (C=O) groups is 1. The summed E-state index contributed by atoms with van der Waals surface area (Å²) in [6.07, 6.45) is -0.236. The minimum atomic E-state index is -0.448. The topological polar surface area (TPSA) is 41.6 Å². The molecule has 0 saturated carbocycles. The molecular formula is C18H28N2O2S. The Labute approximate surface area is 144 Å². The fourth-order valence-electron chi connectivity index (χ4n) is 2.63. The Morgan fingerprint density at radius 3 is 2.83 bits per heavy atom. The second-order valence-electron chi connectivity index (χ2n) is 6.78. The zero-order valence-electron chi connectivity index (χ0n) is 14.6. The number of hydrogen-bond donors (Lipinski definition) is 1. The second kappa shape index (κ2) is 8.06. The summed E-state index contributed by atoms with van der Waals surface area (Å²) in [4.78, 5) is 13.9. The molecule has 0 bridgehead atoms. The van der Waals surface area contributed by atoms with E-state index in [0.717, 1.165) is 18.1 Å². The quantitative estimate of drug-likeness (QED) is 0.887. The summed E-state index contributed by atoms with van der Waals surface area (Å²) in [5, 5.41) is 3.59. The maximum atomic E-state index is 12.1. The van der Waals surface area contributed by atoms with Crippen LogP contribution in [0.25, 0.3) is 0 Å². The van der Waals surface area contributed by atoms with Gasteiger partial charge in [-0.15, -0.1) is 0 Å². The minimum Gasteiger partial charge on any atom is -0.444 e. The lowest BCUT2D eigenvalue weighted by Gasteiger charge is -2.29. The number of likely N-dealkylation sites (N-methyl/N-ethyl adjacent to an activating group) is 1. The summed E-state index contributed by atoms with van der Waals surface area (Å²) in [6, 6.07) is 8.97. The maximum Gasteiger partial charge on any atom is 0.410 e. The molecule has 0 aliphatic carbocycles. The molecule has 0 aromatic heterocycles. The Bertz CT molecular complexity index is 528. The highest BCUT2D eigenvalue weighted by atomic mass is 32.2. The van der Waals surface area contributed by atoms with Crippen molar-refractivity contribution in [1.29, 1.82) is 0 Å². The van der Waals surface area contributed by atoms with Crippen LogP contribution < -0.4 is 5.32 Å². The first-order valence-electron chi connectivity index (χ1n) is 8.27. The van der Waals surface area contributed by atoms with E-state index in [0.29, 0.717) is 19.1 Å². The molecule has 0 saturated heterocycles. The Hall–Kier alpha value is -1.20. The molecule has 0 spiro atoms. The molecule has 1 heterocycles. The van der Waals surface area contributed by atoms with Crippen LogP contribution >= 0.6 is 11.8 Å². The molecule has 1 unspecified atom stereocenters. The number of benzene rings is 1. The number of nitrogens with one attached hydrogen (secondary N) is 1. The van der Waals surface area contributed by atoms with Crippen molar-refractivity contribution in [3.05, 3.63) is 35.4 Å². The zero-order chi connectivity index (χ0) is 16.9. The van der Waals surface area contributed by atoms with Gasteiger partial charge in [-0.05, 0) is 38.8 Å². The lowest BCUT2D eigenvalue weighted by molar-refractivity contribution is 0.0261. The fourth-order valence-corrected chi connectivity index (χ4v) is 3.76. The molecule has 2 rings (SSSR count). The van der Waals surface area contributed by atoms with Gasteiger partial charge >= 0.3 is 6.09 Å². The largest absolute Gasteiger partial charge is 0.444 e. The Balaban J connectivity index is 1.86. The van der Waals surface area contributed by atoms with Crippen LogP contribution in [0.15, 0.2) is 24.3 Å². The second-order valence-corrected chi connectivity index (χ2v) is 7.81. The van der Waals surface area contributed by atoms with E-state index in [-0.39, 0.29) is 6.09 Å². The molecule has 1 amide bonds. The number of nitrogens with zero attached hydrogens (tertiary/aromatic N) is 1. The predicted molar refractivity (Wildman–Crippen MR) is 96.8 cm³/mol. The number of fused-ring (bicyclic) bond motifs is 1. The first kappa shape index (κ1) is 18.1. The molecule has 1 aromatic rings. The van der Waals surface area contributed by atoms with Crippen molar-refractivity contribution in [2.75, 3.05) is 25.4 Å². The highest BCUT2D eigenvalue weighted by molar-refractivity contribution is 7.98. The van der Waals surface area contributed by atoms with Crippen LogP contribution in [-0.4, -0.2) is 42.0 Å². The normalized spacial score (nSPS) is 17.5. The van der Waals surface area contributed by atoms with Crippen molar-refractivity contribution in [2.45, 2.75) is 45.1 Å².